The third-order valence-electron chi connectivity index (χ3n) is 4.87. The van der Waals surface area contributed by atoms with Gasteiger partial charge in [-0.2, -0.15) is 11.8 Å². The van der Waals surface area contributed by atoms with Crippen molar-refractivity contribution in [2.75, 3.05) is 43.5 Å². The zero-order valence-corrected chi connectivity index (χ0v) is 15.0. The van der Waals surface area contributed by atoms with Crippen molar-refractivity contribution in [2.24, 2.45) is 0 Å². The van der Waals surface area contributed by atoms with Gasteiger partial charge in [0.2, 0.25) is 0 Å². The fraction of sp³-hybridized carbons (Fsp3) is 0.722. The predicted molar refractivity (Wildman–Crippen MR) is 98.3 cm³/mol. The standard InChI is InChI=1S/C18H29N3OS/c1-2-23-18(7-11-22-12-8-18)15-19-13-16-5-6-17(20-14-16)21-9-3-4-10-21/h5-6,14,19H,2-4,7-13,15H2,1H3. The number of rotatable bonds is 7. The summed E-state index contributed by atoms with van der Waals surface area (Å²) < 4.78 is 5.90. The van der Waals surface area contributed by atoms with Crippen LogP contribution in [0.15, 0.2) is 18.3 Å². The summed E-state index contributed by atoms with van der Waals surface area (Å²) in [4.78, 5) is 7.02. The highest BCUT2D eigenvalue weighted by Gasteiger charge is 2.32. The van der Waals surface area contributed by atoms with Crippen LogP contribution in [0.2, 0.25) is 0 Å². The lowest BCUT2D eigenvalue weighted by molar-refractivity contribution is 0.0771. The predicted octanol–water partition coefficient (Wildman–Crippen LogP) is 3.07. The minimum absolute atomic E-state index is 0.357. The van der Waals surface area contributed by atoms with Crippen LogP contribution in [0.4, 0.5) is 5.82 Å². The van der Waals surface area contributed by atoms with E-state index in [9.17, 15) is 0 Å². The van der Waals surface area contributed by atoms with Crippen LogP contribution in [0, 0.1) is 0 Å². The lowest BCUT2D eigenvalue weighted by atomic mass is 9.99. The van der Waals surface area contributed by atoms with Crippen molar-refractivity contribution in [2.45, 2.75) is 43.9 Å². The lowest BCUT2D eigenvalue weighted by Gasteiger charge is -2.36. The van der Waals surface area contributed by atoms with E-state index in [4.69, 9.17) is 4.74 Å². The number of ether oxygens (including phenoxy) is 1. The summed E-state index contributed by atoms with van der Waals surface area (Å²) in [5.41, 5.74) is 1.27. The molecule has 0 amide bonds. The summed E-state index contributed by atoms with van der Waals surface area (Å²) in [6.45, 7) is 8.33. The average Bonchev–Trinajstić information content (AvgIpc) is 3.11. The van der Waals surface area contributed by atoms with E-state index in [1.54, 1.807) is 0 Å². The molecule has 3 rings (SSSR count). The third-order valence-corrected chi connectivity index (χ3v) is 6.32. The van der Waals surface area contributed by atoms with E-state index in [1.807, 2.05) is 6.20 Å². The zero-order valence-electron chi connectivity index (χ0n) is 14.2. The number of aromatic nitrogens is 1. The molecule has 2 fully saturated rings. The fourth-order valence-electron chi connectivity index (χ4n) is 3.51. The first-order chi connectivity index (χ1) is 11.3. The molecule has 128 valence electrons. The van der Waals surface area contributed by atoms with E-state index in [0.29, 0.717) is 4.75 Å². The van der Waals surface area contributed by atoms with Crippen molar-refractivity contribution >= 4 is 17.6 Å². The number of hydrogen-bond donors (Lipinski definition) is 1. The summed E-state index contributed by atoms with van der Waals surface area (Å²) in [7, 11) is 0. The monoisotopic (exact) mass is 335 g/mol. The molecule has 2 saturated heterocycles. The van der Waals surface area contributed by atoms with Gasteiger partial charge in [0.15, 0.2) is 0 Å². The van der Waals surface area contributed by atoms with Gasteiger partial charge in [0.1, 0.15) is 5.82 Å². The molecule has 0 saturated carbocycles. The van der Waals surface area contributed by atoms with Crippen LogP contribution >= 0.6 is 11.8 Å². The minimum atomic E-state index is 0.357. The maximum absolute atomic E-state index is 5.54. The van der Waals surface area contributed by atoms with Crippen molar-refractivity contribution < 1.29 is 4.74 Å². The Morgan fingerprint density at radius 3 is 2.70 bits per heavy atom. The van der Waals surface area contributed by atoms with Crippen LogP contribution in [0.25, 0.3) is 0 Å². The highest BCUT2D eigenvalue weighted by Crippen LogP contribution is 2.34. The summed E-state index contributed by atoms with van der Waals surface area (Å²) in [5.74, 6) is 2.31. The second-order valence-corrected chi connectivity index (χ2v) is 8.28. The summed E-state index contributed by atoms with van der Waals surface area (Å²) in [6.07, 6.45) is 6.94. The van der Waals surface area contributed by atoms with Crippen LogP contribution < -0.4 is 10.2 Å². The van der Waals surface area contributed by atoms with Gasteiger partial charge in [0, 0.05) is 50.3 Å². The normalized spacial score (nSPS) is 20.8. The molecule has 0 unspecified atom stereocenters. The van der Waals surface area contributed by atoms with Gasteiger partial charge in [-0.3, -0.25) is 0 Å². The Balaban J connectivity index is 1.49. The highest BCUT2D eigenvalue weighted by molar-refractivity contribution is 8.00. The molecule has 1 N–H and O–H groups in total. The Morgan fingerprint density at radius 1 is 1.26 bits per heavy atom. The van der Waals surface area contributed by atoms with Crippen LogP contribution in [0.3, 0.4) is 0 Å². The van der Waals surface area contributed by atoms with E-state index in [0.717, 1.165) is 58.1 Å². The van der Waals surface area contributed by atoms with E-state index in [2.05, 4.69) is 46.0 Å². The van der Waals surface area contributed by atoms with Crippen LogP contribution in [0.5, 0.6) is 0 Å². The molecule has 3 heterocycles. The Bertz CT molecular complexity index is 462. The molecule has 0 aliphatic carbocycles. The first-order valence-electron chi connectivity index (χ1n) is 8.94. The topological polar surface area (TPSA) is 37.4 Å². The van der Waals surface area contributed by atoms with Gasteiger partial charge in [-0.05, 0) is 43.1 Å². The molecular formula is C18H29N3OS. The summed E-state index contributed by atoms with van der Waals surface area (Å²) in [5, 5.41) is 3.66. The second kappa shape index (κ2) is 8.36. The van der Waals surface area contributed by atoms with E-state index in [-0.39, 0.29) is 0 Å². The average molecular weight is 336 g/mol. The number of nitrogens with one attached hydrogen (secondary N) is 1. The quantitative estimate of drug-likeness (QED) is 0.829. The first kappa shape index (κ1) is 17.1. The maximum atomic E-state index is 5.54. The Morgan fingerprint density at radius 2 is 2.04 bits per heavy atom. The molecule has 2 aliphatic heterocycles. The highest BCUT2D eigenvalue weighted by atomic mass is 32.2. The Hall–Kier alpha value is -0.780. The van der Waals surface area contributed by atoms with Gasteiger partial charge in [0.05, 0.1) is 0 Å². The maximum Gasteiger partial charge on any atom is 0.128 e. The van der Waals surface area contributed by atoms with Crippen molar-refractivity contribution in [3.63, 3.8) is 0 Å². The molecule has 0 radical (unpaired) electrons. The summed E-state index contributed by atoms with van der Waals surface area (Å²) in [6, 6.07) is 4.39. The molecule has 1 aromatic heterocycles. The molecule has 23 heavy (non-hydrogen) atoms. The first-order valence-corrected chi connectivity index (χ1v) is 9.92. The molecule has 0 atom stereocenters. The molecular weight excluding hydrogens is 306 g/mol. The van der Waals surface area contributed by atoms with E-state index in [1.165, 1.54) is 24.2 Å². The number of hydrogen-bond acceptors (Lipinski definition) is 5. The van der Waals surface area contributed by atoms with Gasteiger partial charge in [-0.1, -0.05) is 13.0 Å². The molecule has 0 spiro atoms. The number of anilines is 1. The molecule has 0 bridgehead atoms. The van der Waals surface area contributed by atoms with E-state index >= 15 is 0 Å². The number of nitrogens with zero attached hydrogens (tertiary/aromatic N) is 2. The van der Waals surface area contributed by atoms with Crippen molar-refractivity contribution in [3.05, 3.63) is 23.9 Å². The van der Waals surface area contributed by atoms with Crippen molar-refractivity contribution in [1.82, 2.24) is 10.3 Å². The summed E-state index contributed by atoms with van der Waals surface area (Å²) >= 11 is 2.09. The number of thioether (sulfide) groups is 1. The largest absolute Gasteiger partial charge is 0.381 e. The molecule has 0 aromatic carbocycles. The van der Waals surface area contributed by atoms with Gasteiger partial charge in [-0.15, -0.1) is 0 Å². The van der Waals surface area contributed by atoms with E-state index < -0.39 is 0 Å². The SMILES string of the molecule is CCSC1(CNCc2ccc(N3CCCC3)nc2)CCOCC1. The Kier molecular flexibility index (Phi) is 6.20. The lowest BCUT2D eigenvalue weighted by Crippen LogP contribution is -2.42. The van der Waals surface area contributed by atoms with Crippen LogP contribution in [-0.4, -0.2) is 48.3 Å². The minimum Gasteiger partial charge on any atom is -0.381 e. The smallest absolute Gasteiger partial charge is 0.128 e. The second-order valence-electron chi connectivity index (χ2n) is 6.55. The van der Waals surface area contributed by atoms with Crippen molar-refractivity contribution in [3.8, 4) is 0 Å². The van der Waals surface area contributed by atoms with Crippen molar-refractivity contribution in [1.29, 1.82) is 0 Å². The molecule has 2 aliphatic rings. The molecule has 4 nitrogen and oxygen atoms in total. The Labute approximate surface area is 144 Å². The van der Waals surface area contributed by atoms with Gasteiger partial charge < -0.3 is 15.0 Å². The molecule has 5 heteroatoms. The fourth-order valence-corrected chi connectivity index (χ4v) is 4.78. The number of pyridine rings is 1. The molecule has 1 aromatic rings. The zero-order chi connectivity index (χ0) is 16.0. The van der Waals surface area contributed by atoms with Gasteiger partial charge in [-0.25, -0.2) is 4.98 Å². The van der Waals surface area contributed by atoms with Gasteiger partial charge >= 0.3 is 0 Å². The third kappa shape index (κ3) is 4.61. The van der Waals surface area contributed by atoms with Crippen LogP contribution in [0.1, 0.15) is 38.2 Å². The van der Waals surface area contributed by atoms with Crippen LogP contribution in [-0.2, 0) is 11.3 Å². The van der Waals surface area contributed by atoms with Gasteiger partial charge in [0.25, 0.3) is 0 Å².